The molecule has 0 heterocycles. The Bertz CT molecular complexity index is 547. The number of amides is 1. The lowest BCUT2D eigenvalue weighted by molar-refractivity contribution is -0.141. The fraction of sp³-hybridized carbons (Fsp3) is 0.529. The topological polar surface area (TPSA) is 66.8 Å². The van der Waals surface area contributed by atoms with Gasteiger partial charge < -0.3 is 14.7 Å². The van der Waals surface area contributed by atoms with Crippen molar-refractivity contribution >= 4 is 23.5 Å². The van der Waals surface area contributed by atoms with Crippen molar-refractivity contribution in [1.29, 1.82) is 0 Å². The number of hydrogen-bond donors (Lipinski definition) is 1. The van der Waals surface area contributed by atoms with Crippen LogP contribution in [0.1, 0.15) is 36.2 Å². The SMILES string of the molecule is CCOCCCN(CC(C)C(=O)O)C(=O)c1ccc(Cl)cc1C. The van der Waals surface area contributed by atoms with Crippen molar-refractivity contribution in [3.05, 3.63) is 34.3 Å². The number of aliphatic carboxylic acids is 1. The first-order valence-corrected chi connectivity index (χ1v) is 8.10. The van der Waals surface area contributed by atoms with Gasteiger partial charge in [-0.1, -0.05) is 18.5 Å². The summed E-state index contributed by atoms with van der Waals surface area (Å²) < 4.78 is 5.29. The third-order valence-corrected chi connectivity index (χ3v) is 3.78. The van der Waals surface area contributed by atoms with Gasteiger partial charge in [0.2, 0.25) is 0 Å². The first-order chi connectivity index (χ1) is 10.9. The molecule has 0 bridgehead atoms. The molecule has 0 fully saturated rings. The van der Waals surface area contributed by atoms with Gasteiger partial charge in [-0.3, -0.25) is 9.59 Å². The maximum absolute atomic E-state index is 12.7. The number of aryl methyl sites for hydroxylation is 1. The van der Waals surface area contributed by atoms with Gasteiger partial charge in [-0.15, -0.1) is 0 Å². The Labute approximate surface area is 142 Å². The molecule has 0 aliphatic rings. The van der Waals surface area contributed by atoms with Crippen LogP contribution in [0.2, 0.25) is 5.02 Å². The summed E-state index contributed by atoms with van der Waals surface area (Å²) in [5.41, 5.74) is 1.32. The number of carboxylic acids is 1. The molecule has 23 heavy (non-hydrogen) atoms. The van der Waals surface area contributed by atoms with E-state index in [1.165, 1.54) is 0 Å². The van der Waals surface area contributed by atoms with Crippen LogP contribution >= 0.6 is 11.6 Å². The summed E-state index contributed by atoms with van der Waals surface area (Å²) >= 11 is 5.93. The maximum atomic E-state index is 12.7. The van der Waals surface area contributed by atoms with Crippen molar-refractivity contribution in [2.24, 2.45) is 5.92 Å². The summed E-state index contributed by atoms with van der Waals surface area (Å²) in [6, 6.07) is 5.08. The second-order valence-electron chi connectivity index (χ2n) is 5.50. The van der Waals surface area contributed by atoms with Crippen LogP contribution in [0.4, 0.5) is 0 Å². The highest BCUT2D eigenvalue weighted by Gasteiger charge is 2.22. The fourth-order valence-corrected chi connectivity index (χ4v) is 2.45. The number of rotatable bonds is 9. The summed E-state index contributed by atoms with van der Waals surface area (Å²) in [7, 11) is 0. The van der Waals surface area contributed by atoms with Crippen LogP contribution in [-0.4, -0.2) is 48.2 Å². The Morgan fingerprint density at radius 3 is 2.65 bits per heavy atom. The van der Waals surface area contributed by atoms with Crippen LogP contribution in [0.25, 0.3) is 0 Å². The number of hydrogen-bond acceptors (Lipinski definition) is 3. The molecular weight excluding hydrogens is 318 g/mol. The Kier molecular flexibility index (Phi) is 8.06. The van der Waals surface area contributed by atoms with Crippen LogP contribution < -0.4 is 0 Å². The van der Waals surface area contributed by atoms with E-state index in [0.29, 0.717) is 36.8 Å². The molecule has 0 saturated heterocycles. The first kappa shape index (κ1) is 19.5. The average molecular weight is 342 g/mol. The maximum Gasteiger partial charge on any atom is 0.308 e. The lowest BCUT2D eigenvalue weighted by Gasteiger charge is -2.25. The van der Waals surface area contributed by atoms with E-state index in [1.807, 2.05) is 13.8 Å². The number of carbonyl (C=O) groups is 2. The van der Waals surface area contributed by atoms with Gasteiger partial charge in [-0.05, 0) is 44.0 Å². The minimum Gasteiger partial charge on any atom is -0.481 e. The standard InChI is InChI=1S/C17H24ClNO4/c1-4-23-9-5-8-19(11-13(3)17(21)22)16(20)15-7-6-14(18)10-12(15)2/h6-7,10,13H,4-5,8-9,11H2,1-3H3,(H,21,22). The predicted molar refractivity (Wildman–Crippen MR) is 90.0 cm³/mol. The molecule has 0 aromatic heterocycles. The van der Waals surface area contributed by atoms with E-state index >= 15 is 0 Å². The lowest BCUT2D eigenvalue weighted by Crippen LogP contribution is -2.38. The molecule has 128 valence electrons. The molecule has 1 aromatic rings. The molecular formula is C17H24ClNO4. The molecule has 0 spiro atoms. The van der Waals surface area contributed by atoms with Crippen LogP contribution in [0.3, 0.4) is 0 Å². The number of carboxylic acid groups (broad SMARTS) is 1. The normalized spacial score (nSPS) is 12.0. The minimum atomic E-state index is -0.916. The third kappa shape index (κ3) is 6.20. The van der Waals surface area contributed by atoms with E-state index in [9.17, 15) is 9.59 Å². The molecule has 1 atom stereocenters. The molecule has 1 N–H and O–H groups in total. The van der Waals surface area contributed by atoms with Gasteiger partial charge in [0.25, 0.3) is 5.91 Å². The number of carbonyl (C=O) groups excluding carboxylic acids is 1. The molecule has 6 heteroatoms. The minimum absolute atomic E-state index is 0.169. The number of ether oxygens (including phenoxy) is 1. The number of halogens is 1. The highest BCUT2D eigenvalue weighted by atomic mass is 35.5. The van der Waals surface area contributed by atoms with Crippen molar-refractivity contribution in [3.63, 3.8) is 0 Å². The van der Waals surface area contributed by atoms with E-state index in [1.54, 1.807) is 30.0 Å². The van der Waals surface area contributed by atoms with Gasteiger partial charge in [0.1, 0.15) is 0 Å². The Morgan fingerprint density at radius 2 is 2.09 bits per heavy atom. The lowest BCUT2D eigenvalue weighted by atomic mass is 10.1. The molecule has 1 unspecified atom stereocenters. The van der Waals surface area contributed by atoms with E-state index < -0.39 is 11.9 Å². The largest absolute Gasteiger partial charge is 0.481 e. The van der Waals surface area contributed by atoms with Crippen molar-refractivity contribution in [2.45, 2.75) is 27.2 Å². The molecule has 0 aliphatic carbocycles. The Hall–Kier alpha value is -1.59. The van der Waals surface area contributed by atoms with Gasteiger partial charge >= 0.3 is 5.97 Å². The molecule has 1 aromatic carbocycles. The molecule has 0 radical (unpaired) electrons. The van der Waals surface area contributed by atoms with Crippen molar-refractivity contribution < 1.29 is 19.4 Å². The second-order valence-corrected chi connectivity index (χ2v) is 5.94. The Balaban J connectivity index is 2.87. The molecule has 1 rings (SSSR count). The third-order valence-electron chi connectivity index (χ3n) is 3.54. The van der Waals surface area contributed by atoms with Crippen molar-refractivity contribution in [2.75, 3.05) is 26.3 Å². The molecule has 0 saturated carbocycles. The van der Waals surface area contributed by atoms with Crippen molar-refractivity contribution in [1.82, 2.24) is 4.90 Å². The molecule has 1 amide bonds. The van der Waals surface area contributed by atoms with E-state index in [2.05, 4.69) is 0 Å². The summed E-state index contributed by atoms with van der Waals surface area (Å²) in [4.78, 5) is 25.4. The smallest absolute Gasteiger partial charge is 0.308 e. The average Bonchev–Trinajstić information content (AvgIpc) is 2.49. The van der Waals surface area contributed by atoms with Crippen LogP contribution in [0.15, 0.2) is 18.2 Å². The van der Waals surface area contributed by atoms with E-state index in [-0.39, 0.29) is 12.5 Å². The highest BCUT2D eigenvalue weighted by molar-refractivity contribution is 6.30. The van der Waals surface area contributed by atoms with Gasteiger partial charge in [0, 0.05) is 36.9 Å². The zero-order valence-corrected chi connectivity index (χ0v) is 14.6. The van der Waals surface area contributed by atoms with E-state index in [4.69, 9.17) is 21.4 Å². The second kappa shape index (κ2) is 9.53. The van der Waals surface area contributed by atoms with Crippen molar-refractivity contribution in [3.8, 4) is 0 Å². The van der Waals surface area contributed by atoms with Gasteiger partial charge in [-0.25, -0.2) is 0 Å². The zero-order chi connectivity index (χ0) is 17.4. The Morgan fingerprint density at radius 1 is 1.39 bits per heavy atom. The monoisotopic (exact) mass is 341 g/mol. The quantitative estimate of drug-likeness (QED) is 0.700. The van der Waals surface area contributed by atoms with Gasteiger partial charge in [-0.2, -0.15) is 0 Å². The zero-order valence-electron chi connectivity index (χ0n) is 13.8. The predicted octanol–water partition coefficient (Wildman–Crippen LogP) is 3.24. The molecule has 5 nitrogen and oxygen atoms in total. The van der Waals surface area contributed by atoms with E-state index in [0.717, 1.165) is 5.56 Å². The highest BCUT2D eigenvalue weighted by Crippen LogP contribution is 2.18. The molecule has 0 aliphatic heterocycles. The van der Waals surface area contributed by atoms with Gasteiger partial charge in [0.05, 0.1) is 5.92 Å². The summed E-state index contributed by atoms with van der Waals surface area (Å²) in [5, 5.41) is 9.67. The number of nitrogens with zero attached hydrogens (tertiary/aromatic N) is 1. The van der Waals surface area contributed by atoms with Crippen LogP contribution in [-0.2, 0) is 9.53 Å². The van der Waals surface area contributed by atoms with Crippen LogP contribution in [0, 0.1) is 12.8 Å². The first-order valence-electron chi connectivity index (χ1n) is 7.72. The fourth-order valence-electron chi connectivity index (χ4n) is 2.22. The number of benzene rings is 1. The summed E-state index contributed by atoms with van der Waals surface area (Å²) in [5.74, 6) is -1.72. The summed E-state index contributed by atoms with van der Waals surface area (Å²) in [6.07, 6.45) is 0.665. The van der Waals surface area contributed by atoms with Crippen LogP contribution in [0.5, 0.6) is 0 Å². The summed E-state index contributed by atoms with van der Waals surface area (Å²) in [6.45, 7) is 7.11. The van der Waals surface area contributed by atoms with Gasteiger partial charge in [0.15, 0.2) is 0 Å².